The Morgan fingerprint density at radius 1 is 1.26 bits per heavy atom. The van der Waals surface area contributed by atoms with E-state index in [1.165, 1.54) is 16.7 Å². The minimum absolute atomic E-state index is 0.0986. The molecule has 3 rings (SSSR count). The van der Waals surface area contributed by atoms with Crippen LogP contribution in [0.15, 0.2) is 51.9 Å². The first-order valence-corrected chi connectivity index (χ1v) is 10.3. The molecule has 0 spiro atoms. The Balaban J connectivity index is 1.80. The van der Waals surface area contributed by atoms with Gasteiger partial charge in [-0.1, -0.05) is 57.0 Å². The van der Waals surface area contributed by atoms with Crippen LogP contribution >= 0.6 is 50.9 Å². The molecule has 1 unspecified atom stereocenters. The Hall–Kier alpha value is -1.54. The lowest BCUT2D eigenvalue weighted by molar-refractivity contribution is -0.128. The van der Waals surface area contributed by atoms with E-state index in [0.717, 1.165) is 4.47 Å². The fraction of sp³-hybridized carbons (Fsp3) is 0.167. The molecule has 1 fully saturated rings. The molecule has 1 N–H and O–H groups in total. The van der Waals surface area contributed by atoms with E-state index in [9.17, 15) is 9.59 Å². The van der Waals surface area contributed by atoms with Crippen molar-refractivity contribution in [3.05, 3.63) is 57.0 Å². The first kappa shape index (κ1) is 20.2. The van der Waals surface area contributed by atoms with Crippen molar-refractivity contribution in [3.63, 3.8) is 0 Å². The number of nitrogens with zero attached hydrogens (tertiary/aromatic N) is 2. The molecule has 140 valence electrons. The lowest BCUT2D eigenvalue weighted by Crippen LogP contribution is -2.43. The summed E-state index contributed by atoms with van der Waals surface area (Å²) in [6.07, 6.45) is 0.0986. The largest absolute Gasteiger partial charge is 0.325 e. The number of thioether (sulfide) groups is 1. The van der Waals surface area contributed by atoms with Gasteiger partial charge in [0.1, 0.15) is 5.25 Å². The predicted octanol–water partition coefficient (Wildman–Crippen LogP) is 5.35. The standard InChI is InChI=1S/C18H14BrCl2N3O2S/c1-24-16(25)9-15(17(26)22-11-4-2-3-10(19)7-11)27-18(24)23-12-5-6-13(20)14(21)8-12/h2-8,15H,9H2,1H3,(H,22,26). The number of hydrogen-bond donors (Lipinski definition) is 1. The molecule has 0 saturated carbocycles. The fourth-order valence-electron chi connectivity index (χ4n) is 2.35. The van der Waals surface area contributed by atoms with Gasteiger partial charge in [0.25, 0.3) is 0 Å². The molecule has 1 atom stereocenters. The van der Waals surface area contributed by atoms with Crippen LogP contribution in [0.4, 0.5) is 11.4 Å². The highest BCUT2D eigenvalue weighted by molar-refractivity contribution is 9.10. The van der Waals surface area contributed by atoms with Gasteiger partial charge in [-0.05, 0) is 36.4 Å². The normalized spacial score (nSPS) is 18.7. The highest BCUT2D eigenvalue weighted by Crippen LogP contribution is 2.31. The average molecular weight is 487 g/mol. The van der Waals surface area contributed by atoms with Gasteiger partial charge in [0.2, 0.25) is 11.8 Å². The molecule has 1 saturated heterocycles. The average Bonchev–Trinajstić information content (AvgIpc) is 2.62. The Kier molecular flexibility index (Phi) is 6.47. The predicted molar refractivity (Wildman–Crippen MR) is 115 cm³/mol. The Bertz CT molecular complexity index is 939. The number of nitrogens with one attached hydrogen (secondary N) is 1. The van der Waals surface area contributed by atoms with Crippen molar-refractivity contribution in [2.45, 2.75) is 11.7 Å². The van der Waals surface area contributed by atoms with Gasteiger partial charge in [-0.25, -0.2) is 4.99 Å². The summed E-state index contributed by atoms with van der Waals surface area (Å²) in [5.74, 6) is -0.427. The van der Waals surface area contributed by atoms with E-state index in [1.807, 2.05) is 12.1 Å². The summed E-state index contributed by atoms with van der Waals surface area (Å²) >= 11 is 16.5. The first-order chi connectivity index (χ1) is 12.8. The highest BCUT2D eigenvalue weighted by atomic mass is 79.9. The molecule has 0 aliphatic carbocycles. The van der Waals surface area contributed by atoms with Crippen molar-refractivity contribution in [1.29, 1.82) is 0 Å². The van der Waals surface area contributed by atoms with E-state index in [-0.39, 0.29) is 18.2 Å². The summed E-state index contributed by atoms with van der Waals surface area (Å²) < 4.78 is 0.856. The van der Waals surface area contributed by atoms with E-state index in [1.54, 1.807) is 37.4 Å². The van der Waals surface area contributed by atoms with Crippen LogP contribution in [0.2, 0.25) is 10.0 Å². The van der Waals surface area contributed by atoms with Crippen LogP contribution in [0.5, 0.6) is 0 Å². The summed E-state index contributed by atoms with van der Waals surface area (Å²) in [4.78, 5) is 30.9. The zero-order valence-corrected chi connectivity index (χ0v) is 18.0. The Morgan fingerprint density at radius 2 is 2.04 bits per heavy atom. The van der Waals surface area contributed by atoms with Crippen molar-refractivity contribution in [1.82, 2.24) is 4.90 Å². The Labute approximate surface area is 179 Å². The zero-order chi connectivity index (χ0) is 19.6. The van der Waals surface area contributed by atoms with Gasteiger partial charge < -0.3 is 5.32 Å². The highest BCUT2D eigenvalue weighted by Gasteiger charge is 2.34. The monoisotopic (exact) mass is 485 g/mol. The summed E-state index contributed by atoms with van der Waals surface area (Å²) in [5.41, 5.74) is 1.21. The maximum absolute atomic E-state index is 12.6. The van der Waals surface area contributed by atoms with E-state index in [0.29, 0.717) is 26.6 Å². The third kappa shape index (κ3) is 5.04. The number of benzene rings is 2. The minimum Gasteiger partial charge on any atom is -0.325 e. The topological polar surface area (TPSA) is 61.8 Å². The molecule has 1 heterocycles. The van der Waals surface area contributed by atoms with Gasteiger partial charge in [0.05, 0.1) is 15.7 Å². The molecule has 0 aromatic heterocycles. The van der Waals surface area contributed by atoms with Crippen LogP contribution in [0.3, 0.4) is 0 Å². The van der Waals surface area contributed by atoms with E-state index in [4.69, 9.17) is 23.2 Å². The number of halogens is 3. The number of carbonyl (C=O) groups is 2. The van der Waals surface area contributed by atoms with Gasteiger partial charge in [-0.15, -0.1) is 0 Å². The number of rotatable bonds is 3. The molecular formula is C18H14BrCl2N3O2S. The molecule has 0 bridgehead atoms. The van der Waals surface area contributed by atoms with Crippen LogP contribution in [-0.4, -0.2) is 34.2 Å². The molecular weight excluding hydrogens is 473 g/mol. The third-order valence-corrected chi connectivity index (χ3v) is 6.25. The van der Waals surface area contributed by atoms with Gasteiger partial charge in [0, 0.05) is 23.6 Å². The van der Waals surface area contributed by atoms with Gasteiger partial charge in [-0.3, -0.25) is 14.5 Å². The maximum Gasteiger partial charge on any atom is 0.238 e. The second kappa shape index (κ2) is 8.65. The van der Waals surface area contributed by atoms with Crippen LogP contribution < -0.4 is 5.32 Å². The van der Waals surface area contributed by atoms with Crippen molar-refractivity contribution in [2.24, 2.45) is 4.99 Å². The molecule has 2 aromatic carbocycles. The van der Waals surface area contributed by atoms with E-state index >= 15 is 0 Å². The quantitative estimate of drug-likeness (QED) is 0.636. The summed E-state index contributed by atoms with van der Waals surface area (Å²) in [7, 11) is 1.63. The van der Waals surface area contributed by atoms with Crippen LogP contribution in [0, 0.1) is 0 Å². The summed E-state index contributed by atoms with van der Waals surface area (Å²) in [5, 5.41) is 3.49. The SMILES string of the molecule is CN1C(=O)CC(C(=O)Nc2cccc(Br)c2)SC1=Nc1ccc(Cl)c(Cl)c1. The summed E-state index contributed by atoms with van der Waals surface area (Å²) in [6, 6.07) is 12.2. The smallest absolute Gasteiger partial charge is 0.238 e. The fourth-order valence-corrected chi connectivity index (χ4v) is 4.11. The lowest BCUT2D eigenvalue weighted by atomic mass is 10.2. The number of anilines is 1. The second-order valence-electron chi connectivity index (χ2n) is 5.76. The second-order valence-corrected chi connectivity index (χ2v) is 8.66. The van der Waals surface area contributed by atoms with Crippen LogP contribution in [0.25, 0.3) is 0 Å². The molecule has 9 heteroatoms. The minimum atomic E-state index is -0.575. The molecule has 1 aliphatic rings. The molecule has 2 amide bonds. The van der Waals surface area contributed by atoms with Gasteiger partial charge >= 0.3 is 0 Å². The molecule has 0 radical (unpaired) electrons. The third-order valence-electron chi connectivity index (χ3n) is 3.78. The molecule has 5 nitrogen and oxygen atoms in total. The lowest BCUT2D eigenvalue weighted by Gasteiger charge is -2.28. The number of hydrogen-bond acceptors (Lipinski definition) is 4. The Morgan fingerprint density at radius 3 is 2.74 bits per heavy atom. The van der Waals surface area contributed by atoms with Crippen molar-refractivity contribution in [2.75, 3.05) is 12.4 Å². The molecule has 2 aromatic rings. The van der Waals surface area contributed by atoms with Crippen LogP contribution in [-0.2, 0) is 9.59 Å². The molecule has 27 heavy (non-hydrogen) atoms. The number of carbonyl (C=O) groups excluding carboxylic acids is 2. The number of amides is 2. The first-order valence-electron chi connectivity index (χ1n) is 7.87. The van der Waals surface area contributed by atoms with Gasteiger partial charge in [-0.2, -0.15) is 0 Å². The number of amidine groups is 1. The van der Waals surface area contributed by atoms with Crippen molar-refractivity contribution >= 4 is 79.3 Å². The number of aliphatic imine (C=N–C) groups is 1. The zero-order valence-electron chi connectivity index (χ0n) is 14.1. The van der Waals surface area contributed by atoms with Crippen molar-refractivity contribution in [3.8, 4) is 0 Å². The van der Waals surface area contributed by atoms with E-state index in [2.05, 4.69) is 26.2 Å². The molecule has 1 aliphatic heterocycles. The van der Waals surface area contributed by atoms with Gasteiger partial charge in [0.15, 0.2) is 5.17 Å². The van der Waals surface area contributed by atoms with Crippen molar-refractivity contribution < 1.29 is 9.59 Å². The van der Waals surface area contributed by atoms with E-state index < -0.39 is 5.25 Å². The maximum atomic E-state index is 12.6. The summed E-state index contributed by atoms with van der Waals surface area (Å²) in [6.45, 7) is 0. The van der Waals surface area contributed by atoms with Crippen LogP contribution in [0.1, 0.15) is 6.42 Å².